The summed E-state index contributed by atoms with van der Waals surface area (Å²) in [6, 6.07) is 27.4. The van der Waals surface area contributed by atoms with Crippen LogP contribution in [-0.2, 0) is 4.79 Å². The number of benzene rings is 4. The van der Waals surface area contributed by atoms with Crippen molar-refractivity contribution in [3.05, 3.63) is 118 Å². The number of carbonyl (C=O) groups excluding carboxylic acids is 1. The Balaban J connectivity index is 0.00000308. The Labute approximate surface area is 263 Å². The summed E-state index contributed by atoms with van der Waals surface area (Å²) in [6.45, 7) is 1.99. The van der Waals surface area contributed by atoms with Crippen molar-refractivity contribution in [3.63, 3.8) is 0 Å². The van der Waals surface area contributed by atoms with Gasteiger partial charge < -0.3 is 16.6 Å². The SMILES string of the molecule is CSCC[C@H](NC(=O)c1ccc(C=Cc2ccc(Oc3ccc(Cl)cc3)cc2)cc1-c1ccccc1C)C(=O)O.[H-].[Li+]. The fourth-order valence-electron chi connectivity index (χ4n) is 4.17. The van der Waals surface area contributed by atoms with Crippen molar-refractivity contribution < 1.29 is 39.7 Å². The molecule has 0 heterocycles. The number of hydrogen-bond donors (Lipinski definition) is 2. The molecule has 0 saturated carbocycles. The van der Waals surface area contributed by atoms with E-state index in [1.165, 1.54) is 0 Å². The second-order valence-electron chi connectivity index (χ2n) is 9.22. The van der Waals surface area contributed by atoms with E-state index in [9.17, 15) is 14.7 Å². The van der Waals surface area contributed by atoms with Crippen molar-refractivity contribution in [1.82, 2.24) is 5.32 Å². The van der Waals surface area contributed by atoms with Crippen molar-refractivity contribution in [2.75, 3.05) is 12.0 Å². The number of ether oxygens (including phenoxy) is 1. The third-order valence-corrected chi connectivity index (χ3v) is 7.23. The van der Waals surface area contributed by atoms with Gasteiger partial charge in [-0.25, -0.2) is 4.79 Å². The molecule has 4 rings (SSSR count). The maximum Gasteiger partial charge on any atom is 1.00 e. The number of hydrogen-bond acceptors (Lipinski definition) is 4. The molecule has 1 amide bonds. The van der Waals surface area contributed by atoms with Crippen LogP contribution in [0.25, 0.3) is 23.3 Å². The monoisotopic (exact) mass is 579 g/mol. The zero-order valence-electron chi connectivity index (χ0n) is 24.3. The third kappa shape index (κ3) is 9.04. The first kappa shape index (κ1) is 32.1. The molecule has 0 saturated heterocycles. The van der Waals surface area contributed by atoms with Gasteiger partial charge in [-0.15, -0.1) is 0 Å². The molecule has 1 atom stereocenters. The van der Waals surface area contributed by atoms with E-state index in [2.05, 4.69) is 5.32 Å². The van der Waals surface area contributed by atoms with Crippen LogP contribution in [0.4, 0.5) is 0 Å². The summed E-state index contributed by atoms with van der Waals surface area (Å²) < 4.78 is 5.87. The van der Waals surface area contributed by atoms with E-state index in [1.54, 1.807) is 30.0 Å². The van der Waals surface area contributed by atoms with Crippen LogP contribution in [0, 0.1) is 6.92 Å². The van der Waals surface area contributed by atoms with Gasteiger partial charge in [0.2, 0.25) is 0 Å². The Kier molecular flexibility index (Phi) is 12.2. The van der Waals surface area contributed by atoms with E-state index in [4.69, 9.17) is 16.3 Å². The first-order valence-corrected chi connectivity index (χ1v) is 14.6. The molecular weight excluding hydrogens is 549 g/mol. The first-order valence-electron chi connectivity index (χ1n) is 12.8. The number of carboxylic acid groups (broad SMARTS) is 1. The van der Waals surface area contributed by atoms with Crippen molar-refractivity contribution in [2.45, 2.75) is 19.4 Å². The number of thioether (sulfide) groups is 1. The van der Waals surface area contributed by atoms with Crippen LogP contribution >= 0.6 is 23.4 Å². The summed E-state index contributed by atoms with van der Waals surface area (Å²) in [4.78, 5) is 25.0. The molecule has 0 aliphatic carbocycles. The number of aliphatic carboxylic acids is 1. The molecule has 4 aromatic rings. The fourth-order valence-corrected chi connectivity index (χ4v) is 4.77. The molecule has 4 aromatic carbocycles. The van der Waals surface area contributed by atoms with Gasteiger partial charge in [0, 0.05) is 10.6 Å². The van der Waals surface area contributed by atoms with Gasteiger partial charge in [0.15, 0.2) is 0 Å². The minimum Gasteiger partial charge on any atom is -1.00 e. The molecule has 41 heavy (non-hydrogen) atoms. The van der Waals surface area contributed by atoms with Gasteiger partial charge in [0.05, 0.1) is 0 Å². The second kappa shape index (κ2) is 15.6. The van der Waals surface area contributed by atoms with Crippen LogP contribution in [0.15, 0.2) is 91.0 Å². The molecule has 0 aliphatic rings. The summed E-state index contributed by atoms with van der Waals surface area (Å²) in [5, 5.41) is 13.0. The molecule has 2 N–H and O–H groups in total. The van der Waals surface area contributed by atoms with E-state index in [-0.39, 0.29) is 20.3 Å². The molecule has 206 valence electrons. The molecule has 0 radical (unpaired) electrons. The normalized spacial score (nSPS) is 11.5. The van der Waals surface area contributed by atoms with Crippen molar-refractivity contribution in [1.29, 1.82) is 0 Å². The Morgan fingerprint density at radius 3 is 2.17 bits per heavy atom. The number of carbonyl (C=O) groups is 2. The van der Waals surface area contributed by atoms with E-state index in [1.807, 2.05) is 98.1 Å². The van der Waals surface area contributed by atoms with Crippen molar-refractivity contribution in [2.24, 2.45) is 0 Å². The van der Waals surface area contributed by atoms with Crippen molar-refractivity contribution in [3.8, 4) is 22.6 Å². The van der Waals surface area contributed by atoms with Gasteiger partial charge in [-0.3, -0.25) is 4.79 Å². The van der Waals surface area contributed by atoms with E-state index < -0.39 is 17.9 Å². The molecule has 5 nitrogen and oxygen atoms in total. The number of aryl methyl sites for hydroxylation is 1. The molecule has 0 unspecified atom stereocenters. The summed E-state index contributed by atoms with van der Waals surface area (Å²) in [5.74, 6) is 0.621. The predicted molar refractivity (Wildman–Crippen MR) is 167 cm³/mol. The predicted octanol–water partition coefficient (Wildman–Crippen LogP) is 5.33. The van der Waals surface area contributed by atoms with Crippen LogP contribution in [0.5, 0.6) is 11.5 Å². The molecule has 0 fully saturated rings. The number of nitrogens with one attached hydrogen (secondary N) is 1. The molecule has 0 aliphatic heterocycles. The minimum atomic E-state index is -1.04. The maximum atomic E-state index is 13.3. The summed E-state index contributed by atoms with van der Waals surface area (Å²) >= 11 is 7.49. The van der Waals surface area contributed by atoms with Gasteiger partial charge in [0.1, 0.15) is 17.5 Å². The summed E-state index contributed by atoms with van der Waals surface area (Å²) in [7, 11) is 0. The van der Waals surface area contributed by atoms with Gasteiger partial charge in [0.25, 0.3) is 5.91 Å². The van der Waals surface area contributed by atoms with Crippen LogP contribution < -0.4 is 28.9 Å². The molecule has 0 bridgehead atoms. The zero-order chi connectivity index (χ0) is 28.5. The summed E-state index contributed by atoms with van der Waals surface area (Å²) in [6.07, 6.45) is 6.24. The first-order chi connectivity index (χ1) is 19.3. The van der Waals surface area contributed by atoms with Crippen LogP contribution in [0.3, 0.4) is 0 Å². The minimum absolute atomic E-state index is 0. The van der Waals surface area contributed by atoms with E-state index in [0.717, 1.165) is 27.8 Å². The Hall–Kier alpha value is -3.40. The zero-order valence-corrected chi connectivity index (χ0v) is 24.8. The average molecular weight is 580 g/mol. The number of carboxylic acids is 1. The average Bonchev–Trinajstić information content (AvgIpc) is 2.96. The Bertz CT molecular complexity index is 1510. The van der Waals surface area contributed by atoms with Crippen LogP contribution in [-0.4, -0.2) is 35.0 Å². The molecule has 0 aromatic heterocycles. The van der Waals surface area contributed by atoms with Gasteiger partial charge in [-0.2, -0.15) is 11.8 Å². The van der Waals surface area contributed by atoms with Crippen LogP contribution in [0.2, 0.25) is 5.02 Å². The van der Waals surface area contributed by atoms with Gasteiger partial charge >= 0.3 is 24.8 Å². The molecular formula is C33H31ClLiNO4S. The number of rotatable bonds is 11. The van der Waals surface area contributed by atoms with Crippen LogP contribution in [0.1, 0.15) is 34.9 Å². The fraction of sp³-hybridized carbons (Fsp3) is 0.152. The Morgan fingerprint density at radius 1 is 0.927 bits per heavy atom. The molecule has 0 spiro atoms. The smallest absolute Gasteiger partial charge is 1.00 e. The quantitative estimate of drug-likeness (QED) is 0.186. The third-order valence-electron chi connectivity index (χ3n) is 6.34. The largest absolute Gasteiger partial charge is 1.00 e. The van der Waals surface area contributed by atoms with Crippen molar-refractivity contribution >= 4 is 47.4 Å². The van der Waals surface area contributed by atoms with E-state index >= 15 is 0 Å². The molecule has 8 heteroatoms. The van der Waals surface area contributed by atoms with Gasteiger partial charge in [-0.1, -0.05) is 66.2 Å². The Morgan fingerprint density at radius 2 is 1.54 bits per heavy atom. The summed E-state index contributed by atoms with van der Waals surface area (Å²) in [5.41, 5.74) is 5.02. The topological polar surface area (TPSA) is 75.6 Å². The van der Waals surface area contributed by atoms with E-state index in [0.29, 0.717) is 34.3 Å². The second-order valence-corrected chi connectivity index (χ2v) is 10.6. The number of amides is 1. The standard InChI is InChI=1S/C33H30ClNO4S.Li.H/c1-22-5-3-4-6-28(22)30-21-24(11-18-29(30)32(36)35-31(33(37)38)19-20-40-2)8-7-23-9-14-26(15-10-23)39-27-16-12-25(34)13-17-27;;/h3-18,21,31H,19-20H2,1-2H3,(H,35,36)(H,37,38);;/q;+1;-1/t31-;;/m0../s1. The van der Waals surface area contributed by atoms with Gasteiger partial charge in [-0.05, 0) is 102 Å². The number of halogens is 1. The maximum absolute atomic E-state index is 13.3.